The van der Waals surface area contributed by atoms with Crippen molar-refractivity contribution in [2.24, 2.45) is 0 Å². The summed E-state index contributed by atoms with van der Waals surface area (Å²) in [7, 11) is 0. The van der Waals surface area contributed by atoms with Gasteiger partial charge in [-0.1, -0.05) is 0 Å². The van der Waals surface area contributed by atoms with Gasteiger partial charge in [0.05, 0.1) is 12.3 Å². The first-order valence-corrected chi connectivity index (χ1v) is 9.41. The number of hydrogen-bond acceptors (Lipinski definition) is 10. The monoisotopic (exact) mass is 451 g/mol. The molecule has 0 radical (unpaired) electrons. The van der Waals surface area contributed by atoms with Crippen LogP contribution in [0.4, 0.5) is 10.6 Å². The number of carbonyl (C=O) groups is 3. The van der Waals surface area contributed by atoms with E-state index in [0.717, 1.165) is 19.5 Å². The highest BCUT2D eigenvalue weighted by atomic mass is 16.7. The summed E-state index contributed by atoms with van der Waals surface area (Å²) < 4.78 is 17.2. The Morgan fingerprint density at radius 1 is 1.31 bits per heavy atom. The lowest BCUT2D eigenvalue weighted by molar-refractivity contribution is -0.135. The largest absolute Gasteiger partial charge is 0.508 e. The molecule has 2 aromatic heterocycles. The molecule has 1 aliphatic heterocycles. The summed E-state index contributed by atoms with van der Waals surface area (Å²) in [5.41, 5.74) is 6.07. The number of carboxylic acid groups (broad SMARTS) is 2. The second-order valence-corrected chi connectivity index (χ2v) is 6.46. The molecule has 1 saturated heterocycles. The molecule has 2 aromatic rings. The molecule has 32 heavy (non-hydrogen) atoms. The van der Waals surface area contributed by atoms with Gasteiger partial charge in [-0.05, 0) is 31.9 Å². The number of nitrogens with two attached hydrogens (primary N) is 1. The fourth-order valence-electron chi connectivity index (χ4n) is 2.74. The lowest BCUT2D eigenvalue weighted by atomic mass is 10.0. The summed E-state index contributed by atoms with van der Waals surface area (Å²) in [4.78, 5) is 33.3. The molecular formula is C19H25N5O8. The maximum atomic E-state index is 11.3. The third-order valence-corrected chi connectivity index (χ3v) is 3.91. The number of anilines is 1. The van der Waals surface area contributed by atoms with Crippen molar-refractivity contribution in [1.29, 1.82) is 5.26 Å². The molecule has 13 heteroatoms. The van der Waals surface area contributed by atoms with Crippen molar-refractivity contribution in [3.63, 3.8) is 0 Å². The molecule has 0 amide bonds. The van der Waals surface area contributed by atoms with Crippen LogP contribution in [0.3, 0.4) is 0 Å². The number of aliphatic carboxylic acids is 2. The van der Waals surface area contributed by atoms with E-state index < -0.39 is 23.7 Å². The van der Waals surface area contributed by atoms with Crippen LogP contribution in [-0.2, 0) is 23.8 Å². The second kappa shape index (κ2) is 12.1. The molecule has 174 valence electrons. The van der Waals surface area contributed by atoms with Gasteiger partial charge in [-0.15, -0.1) is 0 Å². The van der Waals surface area contributed by atoms with Gasteiger partial charge in [0, 0.05) is 13.8 Å². The van der Waals surface area contributed by atoms with E-state index in [1.807, 2.05) is 6.07 Å². The number of ether oxygens (including phenoxy) is 3. The number of nitriles is 1. The molecule has 0 aliphatic carbocycles. The highest BCUT2D eigenvalue weighted by Gasteiger charge is 2.43. The Balaban J connectivity index is 0.000000554. The molecule has 3 heterocycles. The SMILES string of the molecule is CC(=O)O.CC(=O)O.CCOC(=O)OCC1(C#N)CCC(c2ccc3c(N)ncnn23)O1. The Bertz CT molecular complexity index is 966. The van der Waals surface area contributed by atoms with Gasteiger partial charge in [0.2, 0.25) is 0 Å². The van der Waals surface area contributed by atoms with Gasteiger partial charge in [-0.3, -0.25) is 9.59 Å². The Morgan fingerprint density at radius 2 is 1.94 bits per heavy atom. The second-order valence-electron chi connectivity index (χ2n) is 6.46. The first-order chi connectivity index (χ1) is 15.0. The maximum absolute atomic E-state index is 11.3. The van der Waals surface area contributed by atoms with Gasteiger partial charge in [-0.2, -0.15) is 10.4 Å². The van der Waals surface area contributed by atoms with Crippen LogP contribution in [0, 0.1) is 11.3 Å². The van der Waals surface area contributed by atoms with Crippen molar-refractivity contribution in [2.45, 2.75) is 45.3 Å². The fourth-order valence-corrected chi connectivity index (χ4v) is 2.74. The molecule has 13 nitrogen and oxygen atoms in total. The van der Waals surface area contributed by atoms with E-state index in [9.17, 15) is 10.1 Å². The Kier molecular flexibility index (Phi) is 9.84. The summed E-state index contributed by atoms with van der Waals surface area (Å²) in [6, 6.07) is 5.74. The summed E-state index contributed by atoms with van der Waals surface area (Å²) in [5, 5.41) is 28.5. The summed E-state index contributed by atoms with van der Waals surface area (Å²) >= 11 is 0. The molecule has 0 bridgehead atoms. The van der Waals surface area contributed by atoms with E-state index in [0.29, 0.717) is 24.2 Å². The smallest absolute Gasteiger partial charge is 0.481 e. The lowest BCUT2D eigenvalue weighted by Crippen LogP contribution is -2.33. The van der Waals surface area contributed by atoms with Gasteiger partial charge < -0.3 is 30.2 Å². The van der Waals surface area contributed by atoms with E-state index in [1.165, 1.54) is 6.33 Å². The van der Waals surface area contributed by atoms with Gasteiger partial charge >= 0.3 is 6.16 Å². The Hall–Kier alpha value is -3.92. The van der Waals surface area contributed by atoms with Gasteiger partial charge in [0.1, 0.15) is 30.6 Å². The third-order valence-electron chi connectivity index (χ3n) is 3.91. The highest BCUT2D eigenvalue weighted by Crippen LogP contribution is 2.40. The third kappa shape index (κ3) is 7.73. The minimum atomic E-state index is -1.19. The van der Waals surface area contributed by atoms with Crippen LogP contribution in [0.25, 0.3) is 5.52 Å². The van der Waals surface area contributed by atoms with Gasteiger partial charge in [0.15, 0.2) is 11.4 Å². The zero-order chi connectivity index (χ0) is 24.3. The van der Waals surface area contributed by atoms with Crippen LogP contribution in [-0.4, -0.2) is 61.7 Å². The minimum Gasteiger partial charge on any atom is -0.481 e. The Labute approximate surface area is 183 Å². The highest BCUT2D eigenvalue weighted by molar-refractivity contribution is 5.65. The molecule has 3 rings (SSSR count). The molecule has 0 saturated carbocycles. The predicted molar refractivity (Wildman–Crippen MR) is 108 cm³/mol. The van der Waals surface area contributed by atoms with Crippen molar-refractivity contribution < 1.29 is 38.8 Å². The van der Waals surface area contributed by atoms with Crippen molar-refractivity contribution in [3.05, 3.63) is 24.2 Å². The number of hydrogen-bond donors (Lipinski definition) is 3. The molecule has 1 aliphatic rings. The van der Waals surface area contributed by atoms with Gasteiger partial charge in [-0.25, -0.2) is 14.3 Å². The van der Waals surface area contributed by atoms with Crippen LogP contribution in [0.2, 0.25) is 0 Å². The van der Waals surface area contributed by atoms with Crippen LogP contribution >= 0.6 is 0 Å². The number of nitrogen functional groups attached to an aromatic ring is 1. The normalized spacial score (nSPS) is 18.9. The standard InChI is InChI=1S/C15H17N5O4.2C2H4O2/c1-2-22-14(21)23-8-15(7-16)6-5-12(24-15)10-3-4-11-13(17)18-9-19-20(10)11;2*1-2(3)4/h3-4,9,12H,2,5-6,8H2,1H3,(H2,17,18,19);2*1H3,(H,3,4). The van der Waals surface area contributed by atoms with Gasteiger partial charge in [0.25, 0.3) is 11.9 Å². The molecule has 4 N–H and O–H groups in total. The van der Waals surface area contributed by atoms with E-state index in [2.05, 4.69) is 16.2 Å². The summed E-state index contributed by atoms with van der Waals surface area (Å²) in [6.07, 6.45) is 1.22. The molecule has 0 aromatic carbocycles. The predicted octanol–water partition coefficient (Wildman–Crippen LogP) is 1.78. The van der Waals surface area contributed by atoms with E-state index in [-0.39, 0.29) is 19.3 Å². The Morgan fingerprint density at radius 3 is 2.50 bits per heavy atom. The zero-order valence-electron chi connectivity index (χ0n) is 17.8. The van der Waals surface area contributed by atoms with Crippen LogP contribution in [0.15, 0.2) is 18.5 Å². The number of carbonyl (C=O) groups excluding carboxylic acids is 1. The van der Waals surface area contributed by atoms with Crippen LogP contribution < -0.4 is 5.73 Å². The number of nitrogens with zero attached hydrogens (tertiary/aromatic N) is 4. The summed E-state index contributed by atoms with van der Waals surface area (Å²) in [5.74, 6) is -1.30. The van der Waals surface area contributed by atoms with Crippen LogP contribution in [0.5, 0.6) is 0 Å². The van der Waals surface area contributed by atoms with E-state index >= 15 is 0 Å². The maximum Gasteiger partial charge on any atom is 0.508 e. The van der Waals surface area contributed by atoms with Crippen molar-refractivity contribution in [3.8, 4) is 6.07 Å². The molecule has 1 fully saturated rings. The first-order valence-electron chi connectivity index (χ1n) is 9.41. The number of aromatic nitrogens is 3. The summed E-state index contributed by atoms with van der Waals surface area (Å²) in [6.45, 7) is 3.87. The molecular weight excluding hydrogens is 426 g/mol. The number of rotatable bonds is 4. The fraction of sp³-hybridized carbons (Fsp3) is 0.474. The minimum absolute atomic E-state index is 0.181. The quantitative estimate of drug-likeness (QED) is 0.570. The molecule has 2 unspecified atom stereocenters. The number of carboxylic acids is 2. The van der Waals surface area contributed by atoms with Crippen LogP contribution in [0.1, 0.15) is 45.4 Å². The van der Waals surface area contributed by atoms with E-state index in [1.54, 1.807) is 17.5 Å². The topological polar surface area (TPSA) is 199 Å². The van der Waals surface area contributed by atoms with Crippen molar-refractivity contribution >= 4 is 29.4 Å². The lowest BCUT2D eigenvalue weighted by Gasteiger charge is -2.21. The molecule has 2 atom stereocenters. The average Bonchev–Trinajstić information content (AvgIpc) is 3.31. The van der Waals surface area contributed by atoms with Crippen molar-refractivity contribution in [1.82, 2.24) is 14.6 Å². The number of fused-ring (bicyclic) bond motifs is 1. The average molecular weight is 451 g/mol. The van der Waals surface area contributed by atoms with Crippen molar-refractivity contribution in [2.75, 3.05) is 18.9 Å². The van der Waals surface area contributed by atoms with E-state index in [4.69, 9.17) is 39.7 Å². The first kappa shape index (κ1) is 26.1. The zero-order valence-corrected chi connectivity index (χ0v) is 17.8. The molecule has 0 spiro atoms.